The fourth-order valence-corrected chi connectivity index (χ4v) is 3.87. The van der Waals surface area contributed by atoms with E-state index in [1.54, 1.807) is 6.33 Å². The van der Waals surface area contributed by atoms with Crippen molar-refractivity contribution in [2.75, 3.05) is 37.7 Å². The Bertz CT molecular complexity index is 1030. The van der Waals surface area contributed by atoms with Gasteiger partial charge in [-0.2, -0.15) is 0 Å². The molecule has 0 radical (unpaired) electrons. The second kappa shape index (κ2) is 9.79. The summed E-state index contributed by atoms with van der Waals surface area (Å²) >= 11 is 6.20. The minimum atomic E-state index is 0.102. The molecule has 6 nitrogen and oxygen atoms in total. The molecule has 1 amide bonds. The highest BCUT2D eigenvalue weighted by atomic mass is 35.5. The number of carbonyl (C=O) groups is 1. The Balaban J connectivity index is 1.38. The van der Waals surface area contributed by atoms with Gasteiger partial charge >= 0.3 is 0 Å². The number of hydrogen-bond donors (Lipinski definition) is 0. The maximum Gasteiger partial charge on any atom is 0.227 e. The lowest BCUT2D eigenvalue weighted by Gasteiger charge is -2.35. The molecule has 0 N–H and O–H groups in total. The van der Waals surface area contributed by atoms with Crippen LogP contribution in [0.1, 0.15) is 12.5 Å². The zero-order chi connectivity index (χ0) is 21.6. The molecule has 4 rings (SSSR count). The lowest BCUT2D eigenvalue weighted by atomic mass is 10.1. The molecule has 31 heavy (non-hydrogen) atoms. The van der Waals surface area contributed by atoms with Gasteiger partial charge in [0, 0.05) is 42.8 Å². The molecule has 0 unspecified atom stereocenters. The van der Waals surface area contributed by atoms with E-state index in [0.717, 1.165) is 41.5 Å². The van der Waals surface area contributed by atoms with Crippen molar-refractivity contribution >= 4 is 23.3 Å². The van der Waals surface area contributed by atoms with Gasteiger partial charge in [0.05, 0.1) is 18.7 Å². The third-order valence-electron chi connectivity index (χ3n) is 5.37. The second-order valence-corrected chi connectivity index (χ2v) is 7.76. The number of nitrogens with zero attached hydrogens (tertiary/aromatic N) is 4. The van der Waals surface area contributed by atoms with Crippen LogP contribution >= 0.6 is 11.6 Å². The molecule has 0 spiro atoms. The molecular formula is C24H25ClN4O2. The van der Waals surface area contributed by atoms with Crippen LogP contribution in [0.4, 0.5) is 5.82 Å². The smallest absolute Gasteiger partial charge is 0.227 e. The molecule has 1 aliphatic heterocycles. The van der Waals surface area contributed by atoms with Crippen LogP contribution in [0.25, 0.3) is 11.3 Å². The van der Waals surface area contributed by atoms with Crippen molar-refractivity contribution < 1.29 is 9.53 Å². The van der Waals surface area contributed by atoms with Crippen molar-refractivity contribution in [1.29, 1.82) is 0 Å². The van der Waals surface area contributed by atoms with E-state index in [2.05, 4.69) is 14.9 Å². The van der Waals surface area contributed by atoms with Crippen molar-refractivity contribution in [3.05, 3.63) is 71.5 Å². The topological polar surface area (TPSA) is 58.6 Å². The molecular weight excluding hydrogens is 412 g/mol. The summed E-state index contributed by atoms with van der Waals surface area (Å²) < 4.78 is 5.51. The molecule has 7 heteroatoms. The van der Waals surface area contributed by atoms with E-state index in [0.29, 0.717) is 31.1 Å². The average molecular weight is 437 g/mol. The Hall–Kier alpha value is -3.12. The molecule has 1 aliphatic rings. The van der Waals surface area contributed by atoms with E-state index in [4.69, 9.17) is 16.3 Å². The third-order valence-corrected chi connectivity index (χ3v) is 5.74. The zero-order valence-corrected chi connectivity index (χ0v) is 18.3. The van der Waals surface area contributed by atoms with Crippen LogP contribution in [0.2, 0.25) is 5.02 Å². The van der Waals surface area contributed by atoms with Crippen molar-refractivity contribution in [3.63, 3.8) is 0 Å². The van der Waals surface area contributed by atoms with E-state index in [1.807, 2.05) is 66.4 Å². The van der Waals surface area contributed by atoms with Gasteiger partial charge in [0.1, 0.15) is 17.9 Å². The molecule has 1 aromatic heterocycles. The maximum atomic E-state index is 12.7. The monoisotopic (exact) mass is 436 g/mol. The fourth-order valence-electron chi connectivity index (χ4n) is 3.67. The first-order chi connectivity index (χ1) is 15.1. The summed E-state index contributed by atoms with van der Waals surface area (Å²) in [5.74, 6) is 1.82. The first-order valence-electron chi connectivity index (χ1n) is 10.5. The SMILES string of the molecule is CCOc1ccc(-c2cc(N3CCN(C(=O)Cc4ccccc4Cl)CC3)ncn2)cc1. The van der Waals surface area contributed by atoms with Crippen LogP contribution in [0.15, 0.2) is 60.9 Å². The number of carbonyl (C=O) groups excluding carboxylic acids is 1. The highest BCUT2D eigenvalue weighted by Crippen LogP contribution is 2.24. The van der Waals surface area contributed by atoms with Crippen molar-refractivity contribution in [1.82, 2.24) is 14.9 Å². The highest BCUT2D eigenvalue weighted by Gasteiger charge is 2.22. The van der Waals surface area contributed by atoms with Gasteiger partial charge in [0.2, 0.25) is 5.91 Å². The third kappa shape index (κ3) is 5.14. The summed E-state index contributed by atoms with van der Waals surface area (Å²) in [6, 6.07) is 17.4. The molecule has 0 bridgehead atoms. The minimum absolute atomic E-state index is 0.102. The van der Waals surface area contributed by atoms with Crippen LogP contribution < -0.4 is 9.64 Å². The van der Waals surface area contributed by atoms with Gasteiger partial charge in [0.25, 0.3) is 0 Å². The van der Waals surface area contributed by atoms with E-state index in [9.17, 15) is 4.79 Å². The Morgan fingerprint density at radius 1 is 1.03 bits per heavy atom. The number of aromatic nitrogens is 2. The summed E-state index contributed by atoms with van der Waals surface area (Å²) in [6.07, 6.45) is 1.92. The molecule has 160 valence electrons. The first kappa shape index (κ1) is 21.1. The number of amides is 1. The number of rotatable bonds is 6. The minimum Gasteiger partial charge on any atom is -0.494 e. The van der Waals surface area contributed by atoms with Crippen LogP contribution in [0, 0.1) is 0 Å². The summed E-state index contributed by atoms with van der Waals surface area (Å²) in [6.45, 7) is 5.39. The number of benzene rings is 2. The summed E-state index contributed by atoms with van der Waals surface area (Å²) in [7, 11) is 0. The summed E-state index contributed by atoms with van der Waals surface area (Å²) in [5.41, 5.74) is 2.75. The molecule has 0 atom stereocenters. The van der Waals surface area contributed by atoms with Gasteiger partial charge in [-0.3, -0.25) is 4.79 Å². The first-order valence-corrected chi connectivity index (χ1v) is 10.8. The lowest BCUT2D eigenvalue weighted by molar-refractivity contribution is -0.130. The molecule has 3 aromatic rings. The lowest BCUT2D eigenvalue weighted by Crippen LogP contribution is -2.49. The second-order valence-electron chi connectivity index (χ2n) is 7.35. The van der Waals surface area contributed by atoms with Gasteiger partial charge < -0.3 is 14.5 Å². The standard InChI is InChI=1S/C24H25ClN4O2/c1-2-31-20-9-7-18(8-10-20)22-16-23(27-17-26-22)28-11-13-29(14-12-28)24(30)15-19-5-3-4-6-21(19)25/h3-10,16-17H,2,11-15H2,1H3. The van der Waals surface area contributed by atoms with Crippen LogP contribution in [-0.4, -0.2) is 53.6 Å². The normalized spacial score (nSPS) is 13.9. The highest BCUT2D eigenvalue weighted by molar-refractivity contribution is 6.31. The summed E-state index contributed by atoms with van der Waals surface area (Å²) in [5, 5.41) is 0.636. The Morgan fingerprint density at radius 2 is 1.77 bits per heavy atom. The Labute approximate surface area is 187 Å². The maximum absolute atomic E-state index is 12.7. The van der Waals surface area contributed by atoms with Crippen LogP contribution in [-0.2, 0) is 11.2 Å². The zero-order valence-electron chi connectivity index (χ0n) is 17.5. The number of hydrogen-bond acceptors (Lipinski definition) is 5. The van der Waals surface area contributed by atoms with E-state index in [-0.39, 0.29) is 5.91 Å². The van der Waals surface area contributed by atoms with E-state index < -0.39 is 0 Å². The predicted octanol–water partition coefficient (Wildman–Crippen LogP) is 4.09. The molecule has 0 saturated carbocycles. The number of halogens is 1. The van der Waals surface area contributed by atoms with Gasteiger partial charge in [-0.05, 0) is 42.8 Å². The van der Waals surface area contributed by atoms with Gasteiger partial charge in [-0.15, -0.1) is 0 Å². The Morgan fingerprint density at radius 3 is 2.48 bits per heavy atom. The molecule has 2 aromatic carbocycles. The largest absolute Gasteiger partial charge is 0.494 e. The quantitative estimate of drug-likeness (QED) is 0.582. The molecule has 2 heterocycles. The van der Waals surface area contributed by atoms with E-state index in [1.165, 1.54) is 0 Å². The van der Waals surface area contributed by atoms with Crippen LogP contribution in [0.5, 0.6) is 5.75 Å². The van der Waals surface area contributed by atoms with Gasteiger partial charge in [-0.25, -0.2) is 9.97 Å². The number of ether oxygens (including phenoxy) is 1. The molecule has 1 saturated heterocycles. The predicted molar refractivity (Wildman–Crippen MR) is 123 cm³/mol. The number of anilines is 1. The Kier molecular flexibility index (Phi) is 6.67. The van der Waals surface area contributed by atoms with Crippen molar-refractivity contribution in [2.45, 2.75) is 13.3 Å². The number of piperazine rings is 1. The van der Waals surface area contributed by atoms with E-state index >= 15 is 0 Å². The molecule has 1 fully saturated rings. The van der Waals surface area contributed by atoms with Crippen LogP contribution in [0.3, 0.4) is 0 Å². The molecule has 0 aliphatic carbocycles. The van der Waals surface area contributed by atoms with Crippen molar-refractivity contribution in [2.24, 2.45) is 0 Å². The average Bonchev–Trinajstić information content (AvgIpc) is 2.81. The van der Waals surface area contributed by atoms with Gasteiger partial charge in [-0.1, -0.05) is 29.8 Å². The van der Waals surface area contributed by atoms with Crippen molar-refractivity contribution in [3.8, 4) is 17.0 Å². The van der Waals surface area contributed by atoms with Gasteiger partial charge in [0.15, 0.2) is 0 Å². The fraction of sp³-hybridized carbons (Fsp3) is 0.292. The summed E-state index contributed by atoms with van der Waals surface area (Å²) in [4.78, 5) is 25.7.